The van der Waals surface area contributed by atoms with E-state index < -0.39 is 11.7 Å². The number of benzene rings is 1. The Kier molecular flexibility index (Phi) is 7.94. The summed E-state index contributed by atoms with van der Waals surface area (Å²) in [6.07, 6.45) is 1.86. The largest absolute Gasteiger partial charge is 0.351 e. The smallest absolute Gasteiger partial charge is 0.252 e. The molecule has 1 aromatic rings. The van der Waals surface area contributed by atoms with Crippen LogP contribution in [0.15, 0.2) is 22.7 Å². The molecule has 1 aliphatic rings. The maximum absolute atomic E-state index is 13.2. The van der Waals surface area contributed by atoms with Gasteiger partial charge in [0.2, 0.25) is 5.91 Å². The lowest BCUT2D eigenvalue weighted by Gasteiger charge is -2.30. The molecule has 0 bridgehead atoms. The van der Waals surface area contributed by atoms with Crippen molar-refractivity contribution in [2.24, 2.45) is 5.73 Å². The van der Waals surface area contributed by atoms with Crippen LogP contribution in [0.3, 0.4) is 0 Å². The van der Waals surface area contributed by atoms with E-state index in [9.17, 15) is 14.0 Å². The molecule has 1 heterocycles. The molecule has 1 aromatic carbocycles. The Labute approximate surface area is 149 Å². The summed E-state index contributed by atoms with van der Waals surface area (Å²) in [4.78, 5) is 25.7. The normalized spacial score (nSPS) is 15.0. The zero-order valence-corrected chi connectivity index (χ0v) is 15.0. The molecule has 2 rings (SSSR count). The van der Waals surface area contributed by atoms with Gasteiger partial charge in [0.25, 0.3) is 5.91 Å². The molecule has 5 nitrogen and oxygen atoms in total. The number of nitrogens with two attached hydrogens (primary N) is 1. The number of carbonyl (C=O) groups is 2. The average Bonchev–Trinajstić information content (AvgIpc) is 2.50. The number of nitrogens with one attached hydrogen (secondary N) is 1. The molecule has 0 unspecified atom stereocenters. The summed E-state index contributed by atoms with van der Waals surface area (Å²) in [7, 11) is 0. The molecular formula is C15H20BrClFN3O2. The highest BCUT2D eigenvalue weighted by molar-refractivity contribution is 9.10. The van der Waals surface area contributed by atoms with Crippen LogP contribution in [0.5, 0.6) is 0 Å². The summed E-state index contributed by atoms with van der Waals surface area (Å²) in [6.45, 7) is 1.57. The Hall–Kier alpha value is -1.18. The van der Waals surface area contributed by atoms with Gasteiger partial charge >= 0.3 is 0 Å². The van der Waals surface area contributed by atoms with Crippen molar-refractivity contribution in [2.75, 3.05) is 19.6 Å². The highest BCUT2D eigenvalue weighted by Crippen LogP contribution is 2.17. The number of hydrogen-bond donors (Lipinski definition) is 2. The van der Waals surface area contributed by atoms with E-state index in [1.807, 2.05) is 0 Å². The van der Waals surface area contributed by atoms with Crippen LogP contribution < -0.4 is 11.1 Å². The van der Waals surface area contributed by atoms with Gasteiger partial charge in [-0.2, -0.15) is 0 Å². The van der Waals surface area contributed by atoms with E-state index in [0.717, 1.165) is 18.9 Å². The van der Waals surface area contributed by atoms with Gasteiger partial charge < -0.3 is 16.0 Å². The van der Waals surface area contributed by atoms with E-state index in [2.05, 4.69) is 21.2 Å². The molecule has 0 radical (unpaired) electrons. The molecule has 1 saturated heterocycles. The van der Waals surface area contributed by atoms with Crippen molar-refractivity contribution in [1.82, 2.24) is 10.2 Å². The van der Waals surface area contributed by atoms with Crippen LogP contribution in [-0.2, 0) is 4.79 Å². The summed E-state index contributed by atoms with van der Waals surface area (Å²) >= 11 is 3.21. The van der Waals surface area contributed by atoms with Crippen LogP contribution in [-0.4, -0.2) is 42.4 Å². The van der Waals surface area contributed by atoms with Gasteiger partial charge in [0.05, 0.1) is 5.56 Å². The van der Waals surface area contributed by atoms with Crippen molar-refractivity contribution in [3.8, 4) is 0 Å². The van der Waals surface area contributed by atoms with Gasteiger partial charge in [-0.05, 0) is 47.0 Å². The third-order valence-corrected chi connectivity index (χ3v) is 4.38. The van der Waals surface area contributed by atoms with E-state index in [1.54, 1.807) is 4.90 Å². The SMILES string of the molecule is Cl.NC1CCN(C(=O)CCNC(=O)c2cc(F)ccc2Br)CC1. The van der Waals surface area contributed by atoms with Gasteiger partial charge in [-0.25, -0.2) is 4.39 Å². The number of amides is 2. The van der Waals surface area contributed by atoms with Crippen molar-refractivity contribution in [3.05, 3.63) is 34.1 Å². The first-order valence-electron chi connectivity index (χ1n) is 7.24. The summed E-state index contributed by atoms with van der Waals surface area (Å²) in [6, 6.07) is 4.08. The second-order valence-corrected chi connectivity index (χ2v) is 6.20. The van der Waals surface area contributed by atoms with E-state index in [-0.39, 0.29) is 42.9 Å². The molecule has 23 heavy (non-hydrogen) atoms. The third kappa shape index (κ3) is 5.75. The van der Waals surface area contributed by atoms with E-state index in [1.165, 1.54) is 12.1 Å². The Balaban J connectivity index is 0.00000264. The number of hydrogen-bond acceptors (Lipinski definition) is 3. The predicted molar refractivity (Wildman–Crippen MR) is 92.1 cm³/mol. The molecule has 0 aromatic heterocycles. The molecule has 0 spiro atoms. The van der Waals surface area contributed by atoms with Gasteiger partial charge in [0, 0.05) is 36.6 Å². The van der Waals surface area contributed by atoms with Crippen LogP contribution in [0.2, 0.25) is 0 Å². The Morgan fingerprint density at radius 1 is 1.35 bits per heavy atom. The summed E-state index contributed by atoms with van der Waals surface area (Å²) in [5.74, 6) is -0.876. The summed E-state index contributed by atoms with van der Waals surface area (Å²) in [5, 5.41) is 2.64. The standard InChI is InChI=1S/C15H19BrFN3O2.ClH/c16-13-2-1-10(17)9-12(13)15(22)19-6-3-14(21)20-7-4-11(18)5-8-20;/h1-2,9,11H,3-8,18H2,(H,19,22);1H. The fourth-order valence-corrected chi connectivity index (χ4v) is 2.78. The van der Waals surface area contributed by atoms with E-state index in [0.29, 0.717) is 17.6 Å². The van der Waals surface area contributed by atoms with Crippen molar-refractivity contribution >= 4 is 40.2 Å². The second kappa shape index (κ2) is 9.20. The van der Waals surface area contributed by atoms with Crippen LogP contribution in [0.4, 0.5) is 4.39 Å². The molecular weight excluding hydrogens is 389 g/mol. The van der Waals surface area contributed by atoms with Gasteiger partial charge in [0.15, 0.2) is 0 Å². The lowest BCUT2D eigenvalue weighted by molar-refractivity contribution is -0.132. The zero-order chi connectivity index (χ0) is 16.1. The Bertz CT molecular complexity index is 566. The van der Waals surface area contributed by atoms with Crippen molar-refractivity contribution in [3.63, 3.8) is 0 Å². The van der Waals surface area contributed by atoms with Crippen LogP contribution in [0.1, 0.15) is 29.6 Å². The second-order valence-electron chi connectivity index (χ2n) is 5.35. The molecule has 0 aliphatic carbocycles. The van der Waals surface area contributed by atoms with Crippen LogP contribution in [0, 0.1) is 5.82 Å². The van der Waals surface area contributed by atoms with Crippen molar-refractivity contribution in [1.29, 1.82) is 0 Å². The summed E-state index contributed by atoms with van der Waals surface area (Å²) < 4.78 is 13.7. The molecule has 0 saturated carbocycles. The lowest BCUT2D eigenvalue weighted by atomic mass is 10.1. The number of likely N-dealkylation sites (tertiary alicyclic amines) is 1. The minimum Gasteiger partial charge on any atom is -0.351 e. The van der Waals surface area contributed by atoms with Gasteiger partial charge in [-0.1, -0.05) is 0 Å². The Morgan fingerprint density at radius 2 is 2.00 bits per heavy atom. The maximum Gasteiger partial charge on any atom is 0.252 e. The zero-order valence-electron chi connectivity index (χ0n) is 12.6. The van der Waals surface area contributed by atoms with Crippen LogP contribution >= 0.6 is 28.3 Å². The molecule has 0 atom stereocenters. The highest BCUT2D eigenvalue weighted by Gasteiger charge is 2.20. The quantitative estimate of drug-likeness (QED) is 0.801. The molecule has 1 fully saturated rings. The molecule has 1 aliphatic heterocycles. The fraction of sp³-hybridized carbons (Fsp3) is 0.467. The monoisotopic (exact) mass is 407 g/mol. The topological polar surface area (TPSA) is 75.4 Å². The third-order valence-electron chi connectivity index (χ3n) is 3.69. The fourth-order valence-electron chi connectivity index (χ4n) is 2.36. The first kappa shape index (κ1) is 19.9. The first-order valence-corrected chi connectivity index (χ1v) is 8.03. The molecule has 128 valence electrons. The molecule has 2 amide bonds. The number of rotatable bonds is 4. The Morgan fingerprint density at radius 3 is 2.65 bits per heavy atom. The number of nitrogens with zero attached hydrogens (tertiary/aromatic N) is 1. The van der Waals surface area contributed by atoms with E-state index >= 15 is 0 Å². The molecule has 8 heteroatoms. The number of halogens is 3. The minimum absolute atomic E-state index is 0. The number of carbonyl (C=O) groups excluding carboxylic acids is 2. The minimum atomic E-state index is -0.478. The summed E-state index contributed by atoms with van der Waals surface area (Å²) in [5.41, 5.74) is 6.02. The van der Waals surface area contributed by atoms with E-state index in [4.69, 9.17) is 5.73 Å². The molecule has 3 N–H and O–H groups in total. The predicted octanol–water partition coefficient (Wildman–Crippen LogP) is 2.08. The van der Waals surface area contributed by atoms with Crippen molar-refractivity contribution < 1.29 is 14.0 Å². The van der Waals surface area contributed by atoms with Gasteiger partial charge in [-0.3, -0.25) is 9.59 Å². The average molecular weight is 409 g/mol. The maximum atomic E-state index is 13.2. The van der Waals surface area contributed by atoms with Crippen molar-refractivity contribution in [2.45, 2.75) is 25.3 Å². The van der Waals surface area contributed by atoms with Crippen LogP contribution in [0.25, 0.3) is 0 Å². The highest BCUT2D eigenvalue weighted by atomic mass is 79.9. The first-order chi connectivity index (χ1) is 10.5. The lowest BCUT2D eigenvalue weighted by Crippen LogP contribution is -2.43. The number of piperidine rings is 1. The van der Waals surface area contributed by atoms with Gasteiger partial charge in [0.1, 0.15) is 5.82 Å². The van der Waals surface area contributed by atoms with Gasteiger partial charge in [-0.15, -0.1) is 12.4 Å².